The lowest BCUT2D eigenvalue weighted by molar-refractivity contribution is -0.138. The van der Waals surface area contributed by atoms with E-state index in [4.69, 9.17) is 0 Å². The number of thioether (sulfide) groups is 1. The molecule has 0 saturated heterocycles. The van der Waals surface area contributed by atoms with Crippen molar-refractivity contribution in [2.24, 2.45) is 0 Å². The zero-order valence-corrected chi connectivity index (χ0v) is 20.4. The van der Waals surface area contributed by atoms with Crippen LogP contribution in [0, 0.1) is 6.92 Å². The van der Waals surface area contributed by atoms with Crippen LogP contribution in [0.5, 0.6) is 0 Å². The van der Waals surface area contributed by atoms with Crippen molar-refractivity contribution >= 4 is 29.3 Å². The number of aromatic nitrogens is 3. The van der Waals surface area contributed by atoms with Gasteiger partial charge in [-0.05, 0) is 48.9 Å². The Morgan fingerprint density at radius 2 is 1.68 bits per heavy atom. The second kappa shape index (κ2) is 11.3. The molecular weight excluding hydrogens is 503 g/mol. The highest BCUT2D eigenvalue weighted by atomic mass is 32.2. The Morgan fingerprint density at radius 3 is 2.41 bits per heavy atom. The Hall–Kier alpha value is -4.12. The summed E-state index contributed by atoms with van der Waals surface area (Å²) in [6.45, 7) is 1.75. The van der Waals surface area contributed by atoms with Gasteiger partial charge in [0.2, 0.25) is 5.91 Å². The molecule has 11 heteroatoms. The Balaban J connectivity index is 1.51. The number of halogens is 3. The minimum atomic E-state index is -4.67. The Bertz CT molecular complexity index is 1410. The van der Waals surface area contributed by atoms with Gasteiger partial charge in [0.1, 0.15) is 0 Å². The summed E-state index contributed by atoms with van der Waals surface area (Å²) >= 11 is 1.15. The van der Waals surface area contributed by atoms with E-state index in [1.807, 2.05) is 31.2 Å². The van der Waals surface area contributed by atoms with Gasteiger partial charge >= 0.3 is 6.18 Å². The second-order valence-electron chi connectivity index (χ2n) is 8.00. The van der Waals surface area contributed by atoms with Gasteiger partial charge in [-0.3, -0.25) is 14.2 Å². The highest BCUT2D eigenvalue weighted by Gasteiger charge is 2.34. The molecule has 4 rings (SSSR count). The third kappa shape index (κ3) is 6.56. The molecule has 0 bridgehead atoms. The smallest absolute Gasteiger partial charge is 0.345 e. The molecule has 0 radical (unpaired) electrons. The molecule has 0 unspecified atom stereocenters. The van der Waals surface area contributed by atoms with Crippen molar-refractivity contribution in [3.05, 3.63) is 101 Å². The summed E-state index contributed by atoms with van der Waals surface area (Å²) in [6, 6.07) is 21.0. The predicted molar refractivity (Wildman–Crippen MR) is 135 cm³/mol. The average Bonchev–Trinajstić information content (AvgIpc) is 3.29. The summed E-state index contributed by atoms with van der Waals surface area (Å²) in [5.74, 6) is -0.783. The van der Waals surface area contributed by atoms with Crippen LogP contribution in [-0.4, -0.2) is 32.3 Å². The normalized spacial score (nSPS) is 11.2. The summed E-state index contributed by atoms with van der Waals surface area (Å²) in [4.78, 5) is 25.1. The molecule has 1 heterocycles. The number of benzene rings is 3. The monoisotopic (exact) mass is 525 g/mol. The van der Waals surface area contributed by atoms with E-state index >= 15 is 0 Å². The van der Waals surface area contributed by atoms with E-state index in [2.05, 4.69) is 20.8 Å². The van der Waals surface area contributed by atoms with Gasteiger partial charge in [0.15, 0.2) is 11.0 Å². The van der Waals surface area contributed by atoms with Crippen molar-refractivity contribution in [3.63, 3.8) is 0 Å². The van der Waals surface area contributed by atoms with E-state index in [0.29, 0.717) is 22.4 Å². The molecule has 0 atom stereocenters. The van der Waals surface area contributed by atoms with Crippen LogP contribution in [0.15, 0.2) is 84.0 Å². The summed E-state index contributed by atoms with van der Waals surface area (Å²) in [6.07, 6.45) is -4.67. The molecule has 3 aromatic carbocycles. The Labute approximate surface area is 215 Å². The number of carbonyl (C=O) groups is 2. The molecule has 0 aliphatic carbocycles. The molecular formula is C26H22F3N5O2S. The number of nitrogens with one attached hydrogen (secondary N) is 2. The number of alkyl halides is 3. The third-order valence-corrected chi connectivity index (χ3v) is 6.16. The minimum Gasteiger partial charge on any atom is -0.345 e. The Kier molecular flexibility index (Phi) is 7.92. The van der Waals surface area contributed by atoms with E-state index in [1.54, 1.807) is 34.9 Å². The largest absolute Gasteiger partial charge is 0.417 e. The Morgan fingerprint density at radius 1 is 0.946 bits per heavy atom. The van der Waals surface area contributed by atoms with Gasteiger partial charge in [0.25, 0.3) is 5.91 Å². The highest BCUT2D eigenvalue weighted by molar-refractivity contribution is 7.99. The summed E-state index contributed by atoms with van der Waals surface area (Å²) in [5, 5.41) is 14.0. The standard InChI is InChI=1S/C26H22F3N5O2S/c1-17-8-7-9-18(14-17)31-23(35)16-37-25-33-32-22(34(25)19-10-3-2-4-11-19)15-30-24(36)20-12-5-6-13-21(20)26(27,28)29/h2-14H,15-16H2,1H3,(H,30,36)(H,31,35). The van der Waals surface area contributed by atoms with Gasteiger partial charge in [-0.1, -0.05) is 54.2 Å². The van der Waals surface area contributed by atoms with Gasteiger partial charge in [0, 0.05) is 11.4 Å². The molecule has 4 aromatic rings. The zero-order chi connectivity index (χ0) is 26.4. The fourth-order valence-corrected chi connectivity index (χ4v) is 4.35. The number of rotatable bonds is 8. The van der Waals surface area contributed by atoms with E-state index in [1.165, 1.54) is 12.1 Å². The second-order valence-corrected chi connectivity index (χ2v) is 8.94. The number of amides is 2. The van der Waals surface area contributed by atoms with Gasteiger partial charge < -0.3 is 10.6 Å². The first kappa shape index (κ1) is 26.0. The van der Waals surface area contributed by atoms with Crippen LogP contribution in [0.3, 0.4) is 0 Å². The van der Waals surface area contributed by atoms with Crippen molar-refractivity contribution in [1.29, 1.82) is 0 Å². The molecule has 0 saturated carbocycles. The summed E-state index contributed by atoms with van der Waals surface area (Å²) < 4.78 is 41.6. The zero-order valence-electron chi connectivity index (χ0n) is 19.6. The van der Waals surface area contributed by atoms with Crippen molar-refractivity contribution in [2.45, 2.75) is 24.8 Å². The molecule has 0 aliphatic heterocycles. The molecule has 0 fully saturated rings. The van der Waals surface area contributed by atoms with E-state index < -0.39 is 23.2 Å². The molecule has 7 nitrogen and oxygen atoms in total. The number of para-hydroxylation sites is 1. The molecule has 2 N–H and O–H groups in total. The molecule has 0 spiro atoms. The fourth-order valence-electron chi connectivity index (χ4n) is 3.58. The fraction of sp³-hybridized carbons (Fsp3) is 0.154. The molecule has 1 aromatic heterocycles. The number of hydrogen-bond acceptors (Lipinski definition) is 5. The predicted octanol–water partition coefficient (Wildman–Crippen LogP) is 5.26. The molecule has 190 valence electrons. The van der Waals surface area contributed by atoms with Crippen molar-refractivity contribution < 1.29 is 22.8 Å². The first-order valence-electron chi connectivity index (χ1n) is 11.2. The van der Waals surface area contributed by atoms with Gasteiger partial charge in [-0.25, -0.2) is 0 Å². The lowest BCUT2D eigenvalue weighted by atomic mass is 10.1. The van der Waals surface area contributed by atoms with Crippen LogP contribution in [0.2, 0.25) is 0 Å². The number of hydrogen-bond donors (Lipinski definition) is 2. The van der Waals surface area contributed by atoms with Crippen LogP contribution in [-0.2, 0) is 17.5 Å². The lowest BCUT2D eigenvalue weighted by Gasteiger charge is -2.13. The van der Waals surface area contributed by atoms with Gasteiger partial charge in [0.05, 0.1) is 23.4 Å². The number of aryl methyl sites for hydroxylation is 1. The van der Waals surface area contributed by atoms with Crippen molar-refractivity contribution in [1.82, 2.24) is 20.1 Å². The summed E-state index contributed by atoms with van der Waals surface area (Å²) in [7, 11) is 0. The lowest BCUT2D eigenvalue weighted by Crippen LogP contribution is -2.27. The van der Waals surface area contributed by atoms with Gasteiger partial charge in [-0.2, -0.15) is 13.2 Å². The summed E-state index contributed by atoms with van der Waals surface area (Å²) in [5.41, 5.74) is 0.863. The van der Waals surface area contributed by atoms with Crippen LogP contribution in [0.4, 0.5) is 18.9 Å². The number of carbonyl (C=O) groups excluding carboxylic acids is 2. The molecule has 37 heavy (non-hydrogen) atoms. The van der Waals surface area contributed by atoms with E-state index in [9.17, 15) is 22.8 Å². The topological polar surface area (TPSA) is 88.9 Å². The maximum Gasteiger partial charge on any atom is 0.417 e. The number of nitrogens with zero attached hydrogens (tertiary/aromatic N) is 3. The van der Waals surface area contributed by atoms with Crippen LogP contribution in [0.25, 0.3) is 5.69 Å². The van der Waals surface area contributed by atoms with E-state index in [-0.39, 0.29) is 18.2 Å². The SMILES string of the molecule is Cc1cccc(NC(=O)CSc2nnc(CNC(=O)c3ccccc3C(F)(F)F)n2-c2ccccc2)c1. The molecule has 2 amide bonds. The van der Waals surface area contributed by atoms with Crippen LogP contribution < -0.4 is 10.6 Å². The van der Waals surface area contributed by atoms with Crippen molar-refractivity contribution in [3.8, 4) is 5.69 Å². The van der Waals surface area contributed by atoms with Gasteiger partial charge in [-0.15, -0.1) is 10.2 Å². The number of anilines is 1. The molecule has 0 aliphatic rings. The minimum absolute atomic E-state index is 0.0459. The average molecular weight is 526 g/mol. The maximum atomic E-state index is 13.3. The van der Waals surface area contributed by atoms with Crippen molar-refractivity contribution in [2.75, 3.05) is 11.1 Å². The van der Waals surface area contributed by atoms with Crippen LogP contribution >= 0.6 is 11.8 Å². The third-order valence-electron chi connectivity index (χ3n) is 5.23. The highest BCUT2D eigenvalue weighted by Crippen LogP contribution is 2.32. The van der Waals surface area contributed by atoms with Crippen LogP contribution in [0.1, 0.15) is 27.3 Å². The van der Waals surface area contributed by atoms with E-state index in [0.717, 1.165) is 29.5 Å². The first-order valence-corrected chi connectivity index (χ1v) is 12.1. The first-order chi connectivity index (χ1) is 17.7. The quantitative estimate of drug-likeness (QED) is 0.307. The maximum absolute atomic E-state index is 13.3.